The van der Waals surface area contributed by atoms with E-state index in [1.54, 1.807) is 25.2 Å². The lowest BCUT2D eigenvalue weighted by molar-refractivity contribution is 0.0803. The zero-order valence-electron chi connectivity index (χ0n) is 12.4. The number of rotatable bonds is 4. The first-order valence-corrected chi connectivity index (χ1v) is 8.44. The molecule has 0 aliphatic heterocycles. The quantitative estimate of drug-likeness (QED) is 0.820. The van der Waals surface area contributed by atoms with Crippen LogP contribution in [0.5, 0.6) is 0 Å². The van der Waals surface area contributed by atoms with Crippen molar-refractivity contribution in [2.75, 3.05) is 32.2 Å². The van der Waals surface area contributed by atoms with Crippen LogP contribution in [-0.4, -0.2) is 56.5 Å². The third-order valence-corrected chi connectivity index (χ3v) is 3.78. The maximum Gasteiger partial charge on any atom is 0.254 e. The van der Waals surface area contributed by atoms with Gasteiger partial charge in [0, 0.05) is 25.4 Å². The minimum Gasteiger partial charge on any atom is -0.384 e. The van der Waals surface area contributed by atoms with Crippen molar-refractivity contribution >= 4 is 15.7 Å². The number of sulfone groups is 1. The molecule has 0 aliphatic rings. The van der Waals surface area contributed by atoms with Gasteiger partial charge in [-0.05, 0) is 24.6 Å². The molecule has 0 heterocycles. The molecule has 0 spiro atoms. The Hall–Kier alpha value is -1.84. The van der Waals surface area contributed by atoms with Gasteiger partial charge >= 0.3 is 0 Å². The van der Waals surface area contributed by atoms with Crippen molar-refractivity contribution in [3.05, 3.63) is 34.9 Å². The summed E-state index contributed by atoms with van der Waals surface area (Å²) in [6.45, 7) is 1.72. The first-order valence-electron chi connectivity index (χ1n) is 6.38. The SMILES string of the molecule is Cc1ccc(C(=O)N(C)CCS(C)(=O)=O)c(C#CCO)c1. The fourth-order valence-corrected chi connectivity index (χ4v) is 2.30. The zero-order chi connectivity index (χ0) is 16.0. The highest BCUT2D eigenvalue weighted by Gasteiger charge is 2.16. The molecule has 6 heteroatoms. The lowest BCUT2D eigenvalue weighted by Crippen LogP contribution is -2.31. The Morgan fingerprint density at radius 3 is 2.62 bits per heavy atom. The van der Waals surface area contributed by atoms with E-state index in [0.717, 1.165) is 11.8 Å². The van der Waals surface area contributed by atoms with Crippen LogP contribution in [0.1, 0.15) is 21.5 Å². The lowest BCUT2D eigenvalue weighted by Gasteiger charge is -2.17. The van der Waals surface area contributed by atoms with Crippen molar-refractivity contribution in [3.8, 4) is 11.8 Å². The summed E-state index contributed by atoms with van der Waals surface area (Å²) in [5.74, 6) is 4.89. The number of aliphatic hydroxyl groups excluding tert-OH is 1. The van der Waals surface area contributed by atoms with Gasteiger partial charge in [-0.1, -0.05) is 17.9 Å². The number of benzene rings is 1. The number of hydrogen-bond donors (Lipinski definition) is 1. The van der Waals surface area contributed by atoms with Crippen LogP contribution in [0.15, 0.2) is 18.2 Å². The molecule has 0 radical (unpaired) electrons. The number of carbonyl (C=O) groups is 1. The molecule has 5 nitrogen and oxygen atoms in total. The number of aryl methyl sites for hydroxylation is 1. The van der Waals surface area contributed by atoms with Gasteiger partial charge < -0.3 is 10.0 Å². The normalized spacial score (nSPS) is 10.7. The molecule has 1 N–H and O–H groups in total. The van der Waals surface area contributed by atoms with Crippen molar-refractivity contribution < 1.29 is 18.3 Å². The Bertz CT molecular complexity index is 683. The Morgan fingerprint density at radius 2 is 2.05 bits per heavy atom. The van der Waals surface area contributed by atoms with E-state index >= 15 is 0 Å². The predicted octanol–water partition coefficient (Wildman–Crippen LogP) is 0.455. The van der Waals surface area contributed by atoms with Crippen molar-refractivity contribution in [2.45, 2.75) is 6.92 Å². The van der Waals surface area contributed by atoms with Crippen LogP contribution >= 0.6 is 0 Å². The Balaban J connectivity index is 3.01. The van der Waals surface area contributed by atoms with E-state index in [2.05, 4.69) is 11.8 Å². The van der Waals surface area contributed by atoms with Crippen LogP contribution in [0.2, 0.25) is 0 Å². The average Bonchev–Trinajstić information content (AvgIpc) is 2.41. The first-order chi connectivity index (χ1) is 9.74. The maximum atomic E-state index is 12.4. The fraction of sp³-hybridized carbons (Fsp3) is 0.400. The number of aliphatic hydroxyl groups is 1. The lowest BCUT2D eigenvalue weighted by atomic mass is 10.0. The van der Waals surface area contributed by atoms with Gasteiger partial charge in [-0.2, -0.15) is 0 Å². The van der Waals surface area contributed by atoms with E-state index in [-0.39, 0.29) is 24.8 Å². The third-order valence-electron chi connectivity index (χ3n) is 2.85. The van der Waals surface area contributed by atoms with Crippen molar-refractivity contribution in [3.63, 3.8) is 0 Å². The summed E-state index contributed by atoms with van der Waals surface area (Å²) < 4.78 is 22.3. The molecule has 0 saturated heterocycles. The largest absolute Gasteiger partial charge is 0.384 e. The summed E-state index contributed by atoms with van der Waals surface area (Å²) in [4.78, 5) is 13.7. The van der Waals surface area contributed by atoms with E-state index in [1.165, 1.54) is 4.90 Å². The highest BCUT2D eigenvalue weighted by molar-refractivity contribution is 7.90. The smallest absolute Gasteiger partial charge is 0.254 e. The van der Waals surface area contributed by atoms with E-state index in [1.807, 2.05) is 6.92 Å². The Kier molecular flexibility index (Phi) is 5.94. The molecule has 0 atom stereocenters. The van der Waals surface area contributed by atoms with Gasteiger partial charge in [0.25, 0.3) is 5.91 Å². The molecule has 0 saturated carbocycles. The summed E-state index contributed by atoms with van der Waals surface area (Å²) in [5.41, 5.74) is 1.88. The van der Waals surface area contributed by atoms with E-state index in [0.29, 0.717) is 11.1 Å². The molecule has 1 rings (SSSR count). The topological polar surface area (TPSA) is 74.7 Å². The summed E-state index contributed by atoms with van der Waals surface area (Å²) in [6.07, 6.45) is 1.13. The molecular formula is C15H19NO4S. The molecular weight excluding hydrogens is 290 g/mol. The molecule has 1 aromatic rings. The molecule has 114 valence electrons. The molecule has 1 aromatic carbocycles. The van der Waals surface area contributed by atoms with Crippen LogP contribution in [0.25, 0.3) is 0 Å². The van der Waals surface area contributed by atoms with Gasteiger partial charge in [0.15, 0.2) is 0 Å². The molecule has 0 unspecified atom stereocenters. The van der Waals surface area contributed by atoms with Gasteiger partial charge in [-0.25, -0.2) is 8.42 Å². The second-order valence-corrected chi connectivity index (χ2v) is 7.13. The molecule has 0 aromatic heterocycles. The van der Waals surface area contributed by atoms with Gasteiger partial charge in [-0.3, -0.25) is 4.79 Å². The average molecular weight is 309 g/mol. The Labute approximate surface area is 125 Å². The molecule has 0 fully saturated rings. The maximum absolute atomic E-state index is 12.4. The van der Waals surface area contributed by atoms with Crippen LogP contribution in [0.4, 0.5) is 0 Å². The van der Waals surface area contributed by atoms with E-state index < -0.39 is 9.84 Å². The highest BCUT2D eigenvalue weighted by atomic mass is 32.2. The number of nitrogens with zero attached hydrogens (tertiary/aromatic N) is 1. The van der Waals surface area contributed by atoms with Crippen LogP contribution in [0, 0.1) is 18.8 Å². The first kappa shape index (κ1) is 17.2. The number of hydrogen-bond acceptors (Lipinski definition) is 4. The van der Waals surface area contributed by atoms with Crippen LogP contribution in [-0.2, 0) is 9.84 Å². The van der Waals surface area contributed by atoms with Crippen LogP contribution < -0.4 is 0 Å². The van der Waals surface area contributed by atoms with Gasteiger partial charge in [-0.15, -0.1) is 0 Å². The summed E-state index contributed by atoms with van der Waals surface area (Å²) in [5, 5.41) is 8.77. The molecule has 21 heavy (non-hydrogen) atoms. The van der Waals surface area contributed by atoms with Gasteiger partial charge in [0.05, 0.1) is 11.3 Å². The van der Waals surface area contributed by atoms with Gasteiger partial charge in [0.1, 0.15) is 16.4 Å². The number of amides is 1. The van der Waals surface area contributed by atoms with Crippen molar-refractivity contribution in [2.24, 2.45) is 0 Å². The number of carbonyl (C=O) groups excluding carboxylic acids is 1. The Morgan fingerprint density at radius 1 is 1.38 bits per heavy atom. The summed E-state index contributed by atoms with van der Waals surface area (Å²) >= 11 is 0. The second kappa shape index (κ2) is 7.25. The summed E-state index contributed by atoms with van der Waals surface area (Å²) in [7, 11) is -1.57. The van der Waals surface area contributed by atoms with Crippen molar-refractivity contribution in [1.29, 1.82) is 0 Å². The minimum absolute atomic E-state index is 0.0846. The molecule has 1 amide bonds. The van der Waals surface area contributed by atoms with Gasteiger partial charge in [0.2, 0.25) is 0 Å². The van der Waals surface area contributed by atoms with Crippen molar-refractivity contribution in [1.82, 2.24) is 4.90 Å². The third kappa shape index (κ3) is 5.58. The molecule has 0 bridgehead atoms. The second-order valence-electron chi connectivity index (χ2n) is 4.87. The predicted molar refractivity (Wildman–Crippen MR) is 81.8 cm³/mol. The van der Waals surface area contributed by atoms with E-state index in [4.69, 9.17) is 5.11 Å². The van der Waals surface area contributed by atoms with E-state index in [9.17, 15) is 13.2 Å². The monoisotopic (exact) mass is 309 g/mol. The fourth-order valence-electron chi connectivity index (χ4n) is 1.69. The summed E-state index contributed by atoms with van der Waals surface area (Å²) in [6, 6.07) is 5.22. The standard InChI is InChI=1S/C15H19NO4S/c1-12-6-7-14(13(11-12)5-4-9-17)15(18)16(2)8-10-21(3,19)20/h6-7,11,17H,8-10H2,1-3H3. The highest BCUT2D eigenvalue weighted by Crippen LogP contribution is 2.13. The van der Waals surface area contributed by atoms with Crippen LogP contribution in [0.3, 0.4) is 0 Å². The zero-order valence-corrected chi connectivity index (χ0v) is 13.2. The molecule has 0 aliphatic carbocycles. The minimum atomic E-state index is -3.12.